The number of hydrogen-bond donors (Lipinski definition) is 1. The van der Waals surface area contributed by atoms with E-state index in [-0.39, 0.29) is 17.6 Å². The van der Waals surface area contributed by atoms with Gasteiger partial charge in [0.1, 0.15) is 17.2 Å². The van der Waals surface area contributed by atoms with Gasteiger partial charge in [-0.15, -0.1) is 0 Å². The number of nitrogens with one attached hydrogen (secondary N) is 1. The minimum Gasteiger partial charge on any atom is -0.497 e. The number of rotatable bonds is 5. The first-order chi connectivity index (χ1) is 15.6. The summed E-state index contributed by atoms with van der Waals surface area (Å²) in [5, 5.41) is 8.63. The van der Waals surface area contributed by atoms with Crippen molar-refractivity contribution in [2.75, 3.05) is 7.11 Å². The molecule has 0 spiro atoms. The van der Waals surface area contributed by atoms with Crippen LogP contribution in [0.25, 0.3) is 11.0 Å². The van der Waals surface area contributed by atoms with Crippen LogP contribution in [0, 0.1) is 0 Å². The van der Waals surface area contributed by atoms with Crippen molar-refractivity contribution in [3.8, 4) is 5.75 Å². The van der Waals surface area contributed by atoms with Crippen LogP contribution < -0.4 is 15.7 Å². The highest BCUT2D eigenvalue weighted by molar-refractivity contribution is 5.97. The van der Waals surface area contributed by atoms with Crippen molar-refractivity contribution < 1.29 is 13.9 Å². The summed E-state index contributed by atoms with van der Waals surface area (Å²) in [7, 11) is 1.62. The summed E-state index contributed by atoms with van der Waals surface area (Å²) in [5.41, 5.74) is 2.08. The second-order valence-corrected chi connectivity index (χ2v) is 8.03. The Morgan fingerprint density at radius 2 is 2.12 bits per heavy atom. The van der Waals surface area contributed by atoms with Crippen molar-refractivity contribution in [3.63, 3.8) is 0 Å². The maximum Gasteiger partial charge on any atom is 0.346 e. The van der Waals surface area contributed by atoms with Crippen LogP contribution in [0.5, 0.6) is 5.75 Å². The van der Waals surface area contributed by atoms with Crippen molar-refractivity contribution >= 4 is 16.9 Å². The van der Waals surface area contributed by atoms with Crippen molar-refractivity contribution in [2.45, 2.75) is 38.4 Å². The molecule has 0 saturated carbocycles. The minimum absolute atomic E-state index is 0.0252. The van der Waals surface area contributed by atoms with E-state index in [0.29, 0.717) is 37.1 Å². The highest BCUT2D eigenvalue weighted by Crippen LogP contribution is 2.18. The van der Waals surface area contributed by atoms with Gasteiger partial charge in [0, 0.05) is 30.0 Å². The molecular weight excluding hydrogens is 408 g/mol. The third-order valence-electron chi connectivity index (χ3n) is 5.94. The summed E-state index contributed by atoms with van der Waals surface area (Å²) >= 11 is 0. The third-order valence-corrected chi connectivity index (χ3v) is 5.94. The van der Waals surface area contributed by atoms with E-state index in [1.165, 1.54) is 4.68 Å². The molecule has 4 aromatic rings. The van der Waals surface area contributed by atoms with Crippen LogP contribution in [0.15, 0.2) is 64.0 Å². The number of amides is 1. The predicted molar refractivity (Wildman–Crippen MR) is 119 cm³/mol. The van der Waals surface area contributed by atoms with Gasteiger partial charge in [-0.3, -0.25) is 9.36 Å². The fourth-order valence-electron chi connectivity index (χ4n) is 4.18. The zero-order chi connectivity index (χ0) is 22.1. The summed E-state index contributed by atoms with van der Waals surface area (Å²) in [5.74, 6) is 1.37. The number of aromatic nitrogens is 3. The van der Waals surface area contributed by atoms with Crippen molar-refractivity contribution in [3.05, 3.63) is 82.2 Å². The number of carbonyl (C=O) groups is 1. The van der Waals surface area contributed by atoms with E-state index < -0.39 is 0 Å². The highest BCUT2D eigenvalue weighted by Gasteiger charge is 2.22. The van der Waals surface area contributed by atoms with E-state index in [0.717, 1.165) is 28.9 Å². The first-order valence-electron chi connectivity index (χ1n) is 10.7. The molecule has 1 N–H and O–H groups in total. The molecule has 0 fully saturated rings. The van der Waals surface area contributed by atoms with E-state index in [1.54, 1.807) is 30.1 Å². The monoisotopic (exact) mass is 432 g/mol. The van der Waals surface area contributed by atoms with Gasteiger partial charge in [0.2, 0.25) is 0 Å². The lowest BCUT2D eigenvalue weighted by molar-refractivity contribution is 0.0933. The van der Waals surface area contributed by atoms with E-state index >= 15 is 0 Å². The molecule has 1 unspecified atom stereocenters. The second kappa shape index (κ2) is 8.37. The zero-order valence-electron chi connectivity index (χ0n) is 17.8. The SMILES string of the molecule is COc1cccc(Cn2nc3n(c2=O)CCC(NC(=O)c2ccc4ccoc4c2)CC3)c1. The molecule has 1 atom stereocenters. The maximum absolute atomic E-state index is 12.9. The van der Waals surface area contributed by atoms with E-state index in [4.69, 9.17) is 9.15 Å². The smallest absolute Gasteiger partial charge is 0.346 e. The van der Waals surface area contributed by atoms with Gasteiger partial charge in [-0.2, -0.15) is 5.10 Å². The standard InChI is InChI=1S/C24H24N4O4/c1-31-20-4-2-3-16(13-20)15-28-24(30)27-11-9-19(7-8-22(27)26-28)25-23(29)18-6-5-17-10-12-32-21(17)14-18/h2-6,10,12-14,19H,7-9,11,15H2,1H3,(H,25,29). The lowest BCUT2D eigenvalue weighted by Gasteiger charge is -2.16. The number of ether oxygens (including phenoxy) is 1. The van der Waals surface area contributed by atoms with E-state index in [9.17, 15) is 9.59 Å². The van der Waals surface area contributed by atoms with Crippen molar-refractivity contribution in [2.24, 2.45) is 0 Å². The van der Waals surface area contributed by atoms with Gasteiger partial charge in [0.25, 0.3) is 5.91 Å². The van der Waals surface area contributed by atoms with Crippen LogP contribution in [0.1, 0.15) is 34.6 Å². The lowest BCUT2D eigenvalue weighted by atomic mass is 10.1. The number of carbonyl (C=O) groups excluding carboxylic acids is 1. The van der Waals surface area contributed by atoms with Gasteiger partial charge in [-0.25, -0.2) is 9.48 Å². The Labute approximate surface area is 184 Å². The molecule has 164 valence electrons. The molecule has 3 heterocycles. The van der Waals surface area contributed by atoms with Gasteiger partial charge < -0.3 is 14.5 Å². The summed E-state index contributed by atoms with van der Waals surface area (Å²) in [6.45, 7) is 0.917. The summed E-state index contributed by atoms with van der Waals surface area (Å²) < 4.78 is 13.9. The first-order valence-corrected chi connectivity index (χ1v) is 10.7. The van der Waals surface area contributed by atoms with Crippen LogP contribution >= 0.6 is 0 Å². The van der Waals surface area contributed by atoms with Crippen LogP contribution in [0.4, 0.5) is 0 Å². The normalized spacial score (nSPS) is 15.8. The largest absolute Gasteiger partial charge is 0.497 e. The molecule has 0 aliphatic carbocycles. The van der Waals surface area contributed by atoms with Gasteiger partial charge in [-0.05, 0) is 48.7 Å². The summed E-state index contributed by atoms with van der Waals surface area (Å²) in [6.07, 6.45) is 3.64. The molecule has 8 nitrogen and oxygen atoms in total. The molecule has 2 aromatic heterocycles. The molecular formula is C24H24N4O4. The number of fused-ring (bicyclic) bond motifs is 2. The van der Waals surface area contributed by atoms with Gasteiger partial charge >= 0.3 is 5.69 Å². The summed E-state index contributed by atoms with van der Waals surface area (Å²) in [4.78, 5) is 25.6. The number of aryl methyl sites for hydroxylation is 1. The molecule has 0 radical (unpaired) electrons. The zero-order valence-corrected chi connectivity index (χ0v) is 17.8. The lowest BCUT2D eigenvalue weighted by Crippen LogP contribution is -2.35. The number of methoxy groups -OCH3 is 1. The molecule has 1 aliphatic rings. The van der Waals surface area contributed by atoms with Gasteiger partial charge in [0.15, 0.2) is 0 Å². The first kappa shape index (κ1) is 20.1. The fourth-order valence-corrected chi connectivity index (χ4v) is 4.18. The second-order valence-electron chi connectivity index (χ2n) is 8.03. The number of hydrogen-bond acceptors (Lipinski definition) is 5. The Balaban J connectivity index is 1.26. The Kier molecular flexibility index (Phi) is 5.26. The molecule has 32 heavy (non-hydrogen) atoms. The van der Waals surface area contributed by atoms with Crippen molar-refractivity contribution in [1.82, 2.24) is 19.7 Å². The Bertz CT molecular complexity index is 1330. The van der Waals surface area contributed by atoms with E-state index in [1.807, 2.05) is 36.4 Å². The van der Waals surface area contributed by atoms with Crippen molar-refractivity contribution in [1.29, 1.82) is 0 Å². The average molecular weight is 432 g/mol. The Hall–Kier alpha value is -3.81. The average Bonchev–Trinajstić information content (AvgIpc) is 3.33. The molecule has 2 aromatic carbocycles. The molecule has 1 amide bonds. The van der Waals surface area contributed by atoms with Gasteiger partial charge in [0.05, 0.1) is 19.9 Å². The topological polar surface area (TPSA) is 91.3 Å². The minimum atomic E-state index is -0.136. The highest BCUT2D eigenvalue weighted by atomic mass is 16.5. The third kappa shape index (κ3) is 3.91. The Morgan fingerprint density at radius 1 is 1.22 bits per heavy atom. The Morgan fingerprint density at radius 3 is 3.00 bits per heavy atom. The predicted octanol–water partition coefficient (Wildman–Crippen LogP) is 2.98. The van der Waals surface area contributed by atoms with Crippen LogP contribution in [-0.4, -0.2) is 33.4 Å². The van der Waals surface area contributed by atoms with Gasteiger partial charge in [-0.1, -0.05) is 18.2 Å². The molecule has 1 aliphatic heterocycles. The number of nitrogens with zero attached hydrogens (tertiary/aromatic N) is 3. The van der Waals surface area contributed by atoms with Crippen LogP contribution in [0.3, 0.4) is 0 Å². The van der Waals surface area contributed by atoms with Crippen LogP contribution in [0.2, 0.25) is 0 Å². The number of furan rings is 1. The summed E-state index contributed by atoms with van der Waals surface area (Å²) in [6, 6.07) is 14.9. The number of benzene rings is 2. The van der Waals surface area contributed by atoms with Crippen LogP contribution in [-0.2, 0) is 19.5 Å². The maximum atomic E-state index is 12.9. The molecule has 8 heteroatoms. The quantitative estimate of drug-likeness (QED) is 0.524. The van der Waals surface area contributed by atoms with E-state index in [2.05, 4.69) is 10.4 Å². The molecule has 5 rings (SSSR count). The fraction of sp³-hybridized carbons (Fsp3) is 0.292. The molecule has 0 saturated heterocycles. The molecule has 0 bridgehead atoms.